The number of nitrogens with zero attached hydrogens (tertiary/aromatic N) is 2. The second-order valence-corrected chi connectivity index (χ2v) is 6.54. The van der Waals surface area contributed by atoms with Crippen molar-refractivity contribution in [2.24, 2.45) is 0 Å². The number of alkyl halides is 1. The Hall–Kier alpha value is -1.64. The summed E-state index contributed by atoms with van der Waals surface area (Å²) in [5, 5.41) is 0. The van der Waals surface area contributed by atoms with Gasteiger partial charge in [-0.1, -0.05) is 71.2 Å². The minimum absolute atomic E-state index is 0.258. The Bertz CT molecular complexity index is 641. The normalized spacial score (nSPS) is 19.6. The van der Waals surface area contributed by atoms with Gasteiger partial charge in [-0.2, -0.15) is 0 Å². The van der Waals surface area contributed by atoms with Gasteiger partial charge in [0.15, 0.2) is 0 Å². The average Bonchev–Trinajstić information content (AvgIpc) is 3.25. The van der Waals surface area contributed by atoms with E-state index in [0.717, 1.165) is 32.1 Å². The lowest BCUT2D eigenvalue weighted by Gasteiger charge is -2.30. The number of hydrogen-bond donors (Lipinski definition) is 0. The molecular formula is C22H33FN2. The highest BCUT2D eigenvalue weighted by atomic mass is 19.1. The van der Waals surface area contributed by atoms with Crippen LogP contribution < -0.4 is 0 Å². The van der Waals surface area contributed by atoms with E-state index >= 15 is 0 Å². The van der Waals surface area contributed by atoms with Crippen LogP contribution in [0.3, 0.4) is 0 Å². The molecular weight excluding hydrogens is 311 g/mol. The molecule has 138 valence electrons. The molecule has 0 amide bonds. The molecule has 0 N–H and O–H groups in total. The maximum atomic E-state index is 14.9. The first kappa shape index (κ1) is 19.7. The smallest absolute Gasteiger partial charge is 0.111 e. The third kappa shape index (κ3) is 4.13. The number of fused-ring (bicyclic) bond motifs is 3. The first-order valence-electron chi connectivity index (χ1n) is 10.1. The number of halogens is 1. The molecule has 0 spiro atoms. The lowest BCUT2D eigenvalue weighted by atomic mass is 9.82. The monoisotopic (exact) mass is 344 g/mol. The van der Waals surface area contributed by atoms with Crippen molar-refractivity contribution in [1.82, 2.24) is 9.55 Å². The fourth-order valence-corrected chi connectivity index (χ4v) is 4.06. The largest absolute Gasteiger partial charge is 0.323 e. The van der Waals surface area contributed by atoms with Crippen molar-refractivity contribution >= 4 is 0 Å². The van der Waals surface area contributed by atoms with E-state index in [4.69, 9.17) is 0 Å². The van der Waals surface area contributed by atoms with Gasteiger partial charge in [0.1, 0.15) is 5.67 Å². The number of hydrogen-bond acceptors (Lipinski definition) is 1. The van der Waals surface area contributed by atoms with Gasteiger partial charge < -0.3 is 4.57 Å². The highest BCUT2D eigenvalue weighted by Crippen LogP contribution is 2.44. The third-order valence-corrected chi connectivity index (χ3v) is 5.21. The quantitative estimate of drug-likeness (QED) is 0.588. The third-order valence-electron chi connectivity index (χ3n) is 5.21. The first-order chi connectivity index (χ1) is 12.3. The molecule has 0 radical (unpaired) electrons. The van der Waals surface area contributed by atoms with Crippen LogP contribution in [0.1, 0.15) is 84.2 Å². The molecule has 1 aromatic carbocycles. The summed E-state index contributed by atoms with van der Waals surface area (Å²) in [6.07, 6.45) is 10.2. The van der Waals surface area contributed by atoms with E-state index in [1.807, 2.05) is 40.2 Å². The van der Waals surface area contributed by atoms with Crippen molar-refractivity contribution < 1.29 is 4.39 Å². The van der Waals surface area contributed by atoms with Gasteiger partial charge in [0, 0.05) is 5.56 Å². The van der Waals surface area contributed by atoms with E-state index in [-0.39, 0.29) is 6.04 Å². The van der Waals surface area contributed by atoms with E-state index < -0.39 is 5.67 Å². The van der Waals surface area contributed by atoms with Crippen molar-refractivity contribution in [1.29, 1.82) is 0 Å². The van der Waals surface area contributed by atoms with Crippen molar-refractivity contribution in [2.45, 2.75) is 84.4 Å². The van der Waals surface area contributed by atoms with Crippen LogP contribution in [-0.4, -0.2) is 15.2 Å². The summed E-state index contributed by atoms with van der Waals surface area (Å²) in [6.45, 7) is 8.00. The molecule has 4 rings (SSSR count). The van der Waals surface area contributed by atoms with E-state index in [0.29, 0.717) is 6.42 Å². The molecule has 1 aliphatic heterocycles. The van der Waals surface area contributed by atoms with Crippen LogP contribution in [0, 0.1) is 0 Å². The van der Waals surface area contributed by atoms with Crippen LogP contribution in [0.5, 0.6) is 0 Å². The molecule has 1 aliphatic carbocycles. The average molecular weight is 345 g/mol. The van der Waals surface area contributed by atoms with Gasteiger partial charge in [-0.15, -0.1) is 0 Å². The lowest BCUT2D eigenvalue weighted by Crippen LogP contribution is -2.27. The predicted octanol–water partition coefficient (Wildman–Crippen LogP) is 6.96. The summed E-state index contributed by atoms with van der Waals surface area (Å²) in [5.41, 5.74) is 2.83. The van der Waals surface area contributed by atoms with Crippen LogP contribution in [0.4, 0.5) is 4.39 Å². The molecule has 1 aromatic heterocycles. The van der Waals surface area contributed by atoms with Crippen molar-refractivity contribution in [2.75, 3.05) is 0 Å². The van der Waals surface area contributed by atoms with E-state index in [1.165, 1.54) is 23.2 Å². The standard InChI is InChI=1S/C18H21FN2.2C2H6/c19-18(9-4-1-5-10-18)11-8-16-14-6-2-3-7-15(14)17-12-20-13-21(16)17;2*1-2/h2-3,6-7,12-13,16H,1,4-5,8-11H2;2*1-2H3. The Balaban J connectivity index is 0.000000528. The molecule has 1 atom stereocenters. The van der Waals surface area contributed by atoms with Gasteiger partial charge in [-0.3, -0.25) is 0 Å². The molecule has 1 saturated carbocycles. The van der Waals surface area contributed by atoms with Gasteiger partial charge in [0.25, 0.3) is 0 Å². The van der Waals surface area contributed by atoms with Crippen molar-refractivity contribution in [3.8, 4) is 11.3 Å². The molecule has 3 heteroatoms. The molecule has 2 nitrogen and oxygen atoms in total. The molecule has 2 aromatic rings. The molecule has 0 bridgehead atoms. The molecule has 25 heavy (non-hydrogen) atoms. The second-order valence-electron chi connectivity index (χ2n) is 6.54. The number of imidazole rings is 1. The van der Waals surface area contributed by atoms with Gasteiger partial charge >= 0.3 is 0 Å². The highest BCUT2D eigenvalue weighted by molar-refractivity contribution is 5.68. The summed E-state index contributed by atoms with van der Waals surface area (Å²) < 4.78 is 17.1. The van der Waals surface area contributed by atoms with Gasteiger partial charge in [-0.25, -0.2) is 9.37 Å². The van der Waals surface area contributed by atoms with Crippen LogP contribution >= 0.6 is 0 Å². The Kier molecular flexibility index (Phi) is 7.22. The maximum absolute atomic E-state index is 14.9. The highest BCUT2D eigenvalue weighted by Gasteiger charge is 2.35. The zero-order valence-corrected chi connectivity index (χ0v) is 16.3. The number of aromatic nitrogens is 2. The van der Waals surface area contributed by atoms with Crippen molar-refractivity contribution in [3.05, 3.63) is 42.4 Å². The fourth-order valence-electron chi connectivity index (χ4n) is 4.06. The molecule has 2 heterocycles. The Morgan fingerprint density at radius 2 is 1.76 bits per heavy atom. The molecule has 1 unspecified atom stereocenters. The number of benzene rings is 1. The van der Waals surface area contributed by atoms with Crippen LogP contribution in [-0.2, 0) is 0 Å². The Morgan fingerprint density at radius 3 is 2.48 bits per heavy atom. The van der Waals surface area contributed by atoms with E-state index in [9.17, 15) is 4.39 Å². The summed E-state index contributed by atoms with van der Waals surface area (Å²) >= 11 is 0. The number of rotatable bonds is 3. The second kappa shape index (κ2) is 9.17. The summed E-state index contributed by atoms with van der Waals surface area (Å²) in [6, 6.07) is 8.73. The minimum Gasteiger partial charge on any atom is -0.323 e. The Labute approximate surface area is 152 Å². The van der Waals surface area contributed by atoms with Crippen LogP contribution in [0.15, 0.2) is 36.8 Å². The van der Waals surface area contributed by atoms with Gasteiger partial charge in [0.05, 0.1) is 24.3 Å². The van der Waals surface area contributed by atoms with Crippen LogP contribution in [0.2, 0.25) is 0 Å². The van der Waals surface area contributed by atoms with Crippen LogP contribution in [0.25, 0.3) is 11.3 Å². The summed E-state index contributed by atoms with van der Waals surface area (Å²) in [4.78, 5) is 4.27. The topological polar surface area (TPSA) is 17.8 Å². The first-order valence-corrected chi connectivity index (χ1v) is 10.1. The predicted molar refractivity (Wildman–Crippen MR) is 105 cm³/mol. The zero-order chi connectivity index (χ0) is 18.3. The maximum Gasteiger partial charge on any atom is 0.111 e. The van der Waals surface area contributed by atoms with Crippen molar-refractivity contribution in [3.63, 3.8) is 0 Å². The summed E-state index contributed by atoms with van der Waals surface area (Å²) in [5.74, 6) is 0. The van der Waals surface area contributed by atoms with E-state index in [2.05, 4.69) is 33.8 Å². The minimum atomic E-state index is -0.934. The fraction of sp³-hybridized carbons (Fsp3) is 0.591. The molecule has 1 fully saturated rings. The summed E-state index contributed by atoms with van der Waals surface area (Å²) in [7, 11) is 0. The van der Waals surface area contributed by atoms with Gasteiger partial charge in [0.2, 0.25) is 0 Å². The van der Waals surface area contributed by atoms with E-state index in [1.54, 1.807) is 0 Å². The zero-order valence-electron chi connectivity index (χ0n) is 16.3. The SMILES string of the molecule is CC.CC.FC1(CCC2c3ccccc3-c3cncn32)CCCCC1. The lowest BCUT2D eigenvalue weighted by molar-refractivity contribution is 0.0903. The molecule has 0 saturated heterocycles. The molecule has 2 aliphatic rings. The Morgan fingerprint density at radius 1 is 1.08 bits per heavy atom. The van der Waals surface area contributed by atoms with Gasteiger partial charge in [-0.05, 0) is 31.2 Å².